The normalized spacial score (nSPS) is 10.6. The summed E-state index contributed by atoms with van der Waals surface area (Å²) in [6.07, 6.45) is 3.60. The number of anilines is 1. The predicted molar refractivity (Wildman–Crippen MR) is 125 cm³/mol. The van der Waals surface area contributed by atoms with Crippen LogP contribution >= 0.6 is 0 Å². The van der Waals surface area contributed by atoms with Gasteiger partial charge in [0, 0.05) is 18.5 Å². The topological polar surface area (TPSA) is 98.2 Å². The van der Waals surface area contributed by atoms with E-state index < -0.39 is 0 Å². The molecule has 172 valence electrons. The van der Waals surface area contributed by atoms with Crippen LogP contribution in [-0.2, 0) is 9.59 Å². The number of hydrogen-bond acceptors (Lipinski definition) is 6. The Morgan fingerprint density at radius 2 is 1.72 bits per heavy atom. The molecule has 2 rings (SSSR count). The molecule has 2 N–H and O–H groups in total. The van der Waals surface area contributed by atoms with Crippen molar-refractivity contribution in [1.29, 1.82) is 0 Å². The number of nitrogens with one attached hydrogen (secondary N) is 2. The number of benzene rings is 2. The third kappa shape index (κ3) is 8.67. The molecular weight excluding hydrogens is 410 g/mol. The zero-order chi connectivity index (χ0) is 23.2. The minimum absolute atomic E-state index is 0.0216. The van der Waals surface area contributed by atoms with Crippen LogP contribution in [-0.4, -0.2) is 38.4 Å². The lowest BCUT2D eigenvalue weighted by atomic mass is 10.2. The van der Waals surface area contributed by atoms with Gasteiger partial charge in [0.05, 0.1) is 26.5 Å². The number of carbonyl (C=O) groups is 2. The van der Waals surface area contributed by atoms with Gasteiger partial charge in [0.15, 0.2) is 11.5 Å². The minimum atomic E-state index is -0.352. The van der Waals surface area contributed by atoms with Crippen molar-refractivity contribution in [2.75, 3.05) is 25.6 Å². The van der Waals surface area contributed by atoms with Gasteiger partial charge >= 0.3 is 0 Å². The highest BCUT2D eigenvalue weighted by molar-refractivity contribution is 5.93. The van der Waals surface area contributed by atoms with E-state index in [4.69, 9.17) is 14.2 Å². The maximum absolute atomic E-state index is 12.0. The Bertz CT molecular complexity index is 897. The van der Waals surface area contributed by atoms with Gasteiger partial charge in [-0.1, -0.05) is 13.3 Å². The molecule has 2 aromatic rings. The van der Waals surface area contributed by atoms with Gasteiger partial charge in [-0.15, -0.1) is 0 Å². The van der Waals surface area contributed by atoms with E-state index in [9.17, 15) is 9.59 Å². The molecule has 0 aliphatic carbocycles. The van der Waals surface area contributed by atoms with E-state index in [1.54, 1.807) is 37.4 Å². The molecule has 0 bridgehead atoms. The van der Waals surface area contributed by atoms with Crippen molar-refractivity contribution >= 4 is 23.7 Å². The van der Waals surface area contributed by atoms with Crippen LogP contribution in [0.3, 0.4) is 0 Å². The fraction of sp³-hybridized carbons (Fsp3) is 0.375. The third-order valence-electron chi connectivity index (χ3n) is 4.37. The maximum Gasteiger partial charge on any atom is 0.240 e. The highest BCUT2D eigenvalue weighted by Gasteiger charge is 2.08. The largest absolute Gasteiger partial charge is 0.494 e. The summed E-state index contributed by atoms with van der Waals surface area (Å²) in [7, 11) is 1.57. The van der Waals surface area contributed by atoms with E-state index in [0.29, 0.717) is 30.4 Å². The molecule has 0 aromatic heterocycles. The number of carbonyl (C=O) groups excluding carboxylic acids is 2. The van der Waals surface area contributed by atoms with Gasteiger partial charge < -0.3 is 19.5 Å². The fourth-order valence-corrected chi connectivity index (χ4v) is 2.70. The van der Waals surface area contributed by atoms with Crippen molar-refractivity contribution in [2.45, 2.75) is 39.5 Å². The second-order valence-electron chi connectivity index (χ2n) is 6.91. The average molecular weight is 442 g/mol. The first-order valence-electron chi connectivity index (χ1n) is 10.7. The summed E-state index contributed by atoms with van der Waals surface area (Å²) in [5.74, 6) is 1.40. The van der Waals surface area contributed by atoms with E-state index in [-0.39, 0.29) is 24.7 Å². The van der Waals surface area contributed by atoms with Crippen LogP contribution < -0.4 is 25.0 Å². The first-order chi connectivity index (χ1) is 15.5. The zero-order valence-electron chi connectivity index (χ0n) is 18.8. The van der Waals surface area contributed by atoms with Crippen LogP contribution in [0.5, 0.6) is 17.2 Å². The number of hydrazone groups is 1. The standard InChI is InChI=1S/C24H31N3O5/c1-4-6-15-32-21-12-7-18(16-22(21)30-3)17-25-27-24(29)14-13-23(28)26-19-8-10-20(11-9-19)31-5-2/h7-12,16-17H,4-6,13-15H2,1-3H3,(H,26,28)(H,27,29). The summed E-state index contributed by atoms with van der Waals surface area (Å²) in [6, 6.07) is 12.5. The van der Waals surface area contributed by atoms with Gasteiger partial charge in [-0.25, -0.2) is 5.43 Å². The SMILES string of the molecule is CCCCOc1ccc(C=NNC(=O)CCC(=O)Nc2ccc(OCC)cc2)cc1OC. The molecule has 0 unspecified atom stereocenters. The molecule has 32 heavy (non-hydrogen) atoms. The van der Waals surface area contributed by atoms with Crippen molar-refractivity contribution < 1.29 is 23.8 Å². The molecule has 0 fully saturated rings. The van der Waals surface area contributed by atoms with Crippen LogP contribution in [0.1, 0.15) is 45.1 Å². The molecule has 2 aromatic carbocycles. The Balaban J connectivity index is 1.76. The molecule has 8 heteroatoms. The van der Waals surface area contributed by atoms with E-state index in [2.05, 4.69) is 22.8 Å². The van der Waals surface area contributed by atoms with Gasteiger partial charge in [0.1, 0.15) is 5.75 Å². The Morgan fingerprint density at radius 1 is 0.969 bits per heavy atom. The van der Waals surface area contributed by atoms with Crippen molar-refractivity contribution in [3.05, 3.63) is 48.0 Å². The lowest BCUT2D eigenvalue weighted by Crippen LogP contribution is -2.20. The molecule has 0 atom stereocenters. The van der Waals surface area contributed by atoms with Crippen LogP contribution in [0.2, 0.25) is 0 Å². The Kier molecular flexibility index (Phi) is 10.6. The second-order valence-corrected chi connectivity index (χ2v) is 6.91. The van der Waals surface area contributed by atoms with E-state index in [0.717, 1.165) is 24.2 Å². The lowest BCUT2D eigenvalue weighted by Gasteiger charge is -2.10. The number of nitrogens with zero attached hydrogens (tertiary/aromatic N) is 1. The molecule has 0 aliphatic rings. The molecular formula is C24H31N3O5. The Hall–Kier alpha value is -3.55. The van der Waals surface area contributed by atoms with E-state index in [1.807, 2.05) is 19.1 Å². The molecule has 0 radical (unpaired) electrons. The highest BCUT2D eigenvalue weighted by atomic mass is 16.5. The Labute approximate surface area is 188 Å². The van der Waals surface area contributed by atoms with Crippen molar-refractivity contribution in [2.24, 2.45) is 5.10 Å². The average Bonchev–Trinajstić information content (AvgIpc) is 2.80. The number of unbranched alkanes of at least 4 members (excludes halogenated alkanes) is 1. The van der Waals surface area contributed by atoms with E-state index in [1.165, 1.54) is 6.21 Å². The summed E-state index contributed by atoms with van der Waals surface area (Å²) >= 11 is 0. The monoisotopic (exact) mass is 441 g/mol. The van der Waals surface area contributed by atoms with Gasteiger partial charge in [-0.2, -0.15) is 5.10 Å². The molecule has 2 amide bonds. The molecule has 0 heterocycles. The summed E-state index contributed by atoms with van der Waals surface area (Å²) in [6.45, 7) is 5.21. The second kappa shape index (κ2) is 13.7. The Morgan fingerprint density at radius 3 is 2.41 bits per heavy atom. The first-order valence-corrected chi connectivity index (χ1v) is 10.7. The van der Waals surface area contributed by atoms with Crippen molar-refractivity contribution in [1.82, 2.24) is 5.43 Å². The van der Waals surface area contributed by atoms with E-state index >= 15 is 0 Å². The number of amides is 2. The van der Waals surface area contributed by atoms with Gasteiger partial charge in [0.2, 0.25) is 11.8 Å². The molecule has 0 spiro atoms. The fourth-order valence-electron chi connectivity index (χ4n) is 2.70. The van der Waals surface area contributed by atoms with Crippen LogP contribution in [0.25, 0.3) is 0 Å². The van der Waals surface area contributed by atoms with Gasteiger partial charge in [-0.3, -0.25) is 9.59 Å². The molecule has 8 nitrogen and oxygen atoms in total. The lowest BCUT2D eigenvalue weighted by molar-refractivity contribution is -0.124. The summed E-state index contributed by atoms with van der Waals surface area (Å²) in [5.41, 5.74) is 3.82. The summed E-state index contributed by atoms with van der Waals surface area (Å²) < 4.78 is 16.4. The minimum Gasteiger partial charge on any atom is -0.494 e. The number of rotatable bonds is 13. The van der Waals surface area contributed by atoms with Gasteiger partial charge in [-0.05, 0) is 61.4 Å². The maximum atomic E-state index is 12.0. The molecule has 0 saturated heterocycles. The van der Waals surface area contributed by atoms with Crippen molar-refractivity contribution in [3.63, 3.8) is 0 Å². The van der Waals surface area contributed by atoms with Crippen LogP contribution in [0.4, 0.5) is 5.69 Å². The first kappa shape index (κ1) is 24.7. The smallest absolute Gasteiger partial charge is 0.240 e. The zero-order valence-corrected chi connectivity index (χ0v) is 18.8. The van der Waals surface area contributed by atoms with Crippen LogP contribution in [0, 0.1) is 0 Å². The number of ether oxygens (including phenoxy) is 3. The highest BCUT2D eigenvalue weighted by Crippen LogP contribution is 2.27. The van der Waals surface area contributed by atoms with Crippen LogP contribution in [0.15, 0.2) is 47.6 Å². The summed E-state index contributed by atoms with van der Waals surface area (Å²) in [4.78, 5) is 24.0. The molecule has 0 aliphatic heterocycles. The van der Waals surface area contributed by atoms with Crippen molar-refractivity contribution in [3.8, 4) is 17.2 Å². The predicted octanol–water partition coefficient (Wildman–Crippen LogP) is 4.14. The molecule has 0 saturated carbocycles. The number of hydrogen-bond donors (Lipinski definition) is 2. The number of methoxy groups -OCH3 is 1. The van der Waals surface area contributed by atoms with Gasteiger partial charge in [0.25, 0.3) is 0 Å². The summed E-state index contributed by atoms with van der Waals surface area (Å²) in [5, 5.41) is 6.69. The third-order valence-corrected chi connectivity index (χ3v) is 4.37. The quantitative estimate of drug-likeness (QED) is 0.277.